The standard InChI is InChI=1S/C34H39NO12S/c1-48(44,45)35-12-10-34(11-13-35)22-14-18(4-8-24-28(38)32(42)30(40)26(16-36)46-24)2-6-20(22)21-7-3-19(15-23(21)34)5-9-25-29(39)33(43)31(41)27(17-37)47-25/h2-3,6-7,14-15,24-33,36-43H,10-13,16-17H2,1H3/t24-,25-,26-,27-,28-,29-,30-,31-,32-,33-/m1/s1. The molecule has 6 rings (SSSR count). The van der Waals surface area contributed by atoms with Crippen LogP contribution in [0.1, 0.15) is 35.1 Å². The van der Waals surface area contributed by atoms with Gasteiger partial charge in [0.1, 0.15) is 61.0 Å². The first-order valence-electron chi connectivity index (χ1n) is 15.7. The normalized spacial score (nSPS) is 34.4. The average Bonchev–Trinajstić information content (AvgIpc) is 3.33. The summed E-state index contributed by atoms with van der Waals surface area (Å²) in [7, 11) is -3.42. The Morgan fingerprint density at radius 2 is 1.12 bits per heavy atom. The maximum absolute atomic E-state index is 12.4. The highest BCUT2D eigenvalue weighted by Crippen LogP contribution is 2.54. The molecule has 0 unspecified atom stereocenters. The number of rotatable bonds is 3. The van der Waals surface area contributed by atoms with E-state index in [0.29, 0.717) is 24.0 Å². The van der Waals surface area contributed by atoms with Crippen LogP contribution in [0, 0.1) is 23.7 Å². The first-order valence-corrected chi connectivity index (χ1v) is 17.5. The van der Waals surface area contributed by atoms with Gasteiger partial charge in [-0.15, -0.1) is 0 Å². The van der Waals surface area contributed by atoms with E-state index in [-0.39, 0.29) is 13.1 Å². The fourth-order valence-corrected chi connectivity index (χ4v) is 7.99. The molecule has 1 spiro atoms. The van der Waals surface area contributed by atoms with Gasteiger partial charge in [-0.1, -0.05) is 35.8 Å². The van der Waals surface area contributed by atoms with Crippen molar-refractivity contribution >= 4 is 10.0 Å². The molecule has 4 aliphatic rings. The summed E-state index contributed by atoms with van der Waals surface area (Å²) in [5, 5.41) is 80.4. The Kier molecular flexibility index (Phi) is 9.76. The number of aliphatic hydroxyl groups is 8. The van der Waals surface area contributed by atoms with E-state index in [1.165, 1.54) is 10.6 Å². The Hall–Kier alpha value is -2.93. The van der Waals surface area contributed by atoms with E-state index < -0.39 is 89.7 Å². The number of sulfonamides is 1. The van der Waals surface area contributed by atoms with E-state index in [9.17, 15) is 49.3 Å². The number of nitrogens with zero attached hydrogens (tertiary/aromatic N) is 1. The molecule has 13 nitrogen and oxygen atoms in total. The SMILES string of the molecule is CS(=O)(=O)N1CCC2(CC1)c1cc(C#C[C@H]3O[C@H](CO)[C@@H](O)[C@H](O)[C@@H]3O)ccc1-c1ccc(C#C[C@H]3O[C@H](CO)[C@@H](O)[C@H](O)[C@@H]3O)cc12. The van der Waals surface area contributed by atoms with Crippen molar-refractivity contribution in [1.82, 2.24) is 4.31 Å². The lowest BCUT2D eigenvalue weighted by Crippen LogP contribution is -2.58. The van der Waals surface area contributed by atoms with Gasteiger partial charge in [-0.3, -0.25) is 0 Å². The molecule has 0 radical (unpaired) electrons. The van der Waals surface area contributed by atoms with E-state index in [4.69, 9.17) is 9.47 Å². The van der Waals surface area contributed by atoms with E-state index in [2.05, 4.69) is 23.7 Å². The van der Waals surface area contributed by atoms with Gasteiger partial charge in [0.05, 0.1) is 19.5 Å². The van der Waals surface area contributed by atoms with E-state index in [1.54, 1.807) is 12.1 Å². The molecule has 3 fully saturated rings. The summed E-state index contributed by atoms with van der Waals surface area (Å²) in [4.78, 5) is 0. The fraction of sp³-hybridized carbons (Fsp3) is 0.529. The van der Waals surface area contributed by atoms with Crippen molar-refractivity contribution in [2.24, 2.45) is 0 Å². The predicted octanol–water partition coefficient (Wildman–Crippen LogP) is -2.60. The summed E-state index contributed by atoms with van der Waals surface area (Å²) in [5.74, 6) is 11.6. The monoisotopic (exact) mass is 685 g/mol. The van der Waals surface area contributed by atoms with Gasteiger partial charge in [-0.2, -0.15) is 0 Å². The van der Waals surface area contributed by atoms with Gasteiger partial charge in [0, 0.05) is 29.6 Å². The molecule has 3 heterocycles. The highest BCUT2D eigenvalue weighted by Gasteiger charge is 2.47. The summed E-state index contributed by atoms with van der Waals surface area (Å²) >= 11 is 0. The molecule has 3 aliphatic heterocycles. The van der Waals surface area contributed by atoms with Crippen LogP contribution < -0.4 is 0 Å². The summed E-state index contributed by atoms with van der Waals surface area (Å²) in [6.45, 7) is -0.581. The van der Waals surface area contributed by atoms with Crippen LogP contribution in [0.3, 0.4) is 0 Å². The second-order valence-corrected chi connectivity index (χ2v) is 14.8. The number of piperidine rings is 1. The fourth-order valence-electron chi connectivity index (χ4n) is 7.14. The maximum Gasteiger partial charge on any atom is 0.211 e. The molecule has 0 amide bonds. The molecular weight excluding hydrogens is 646 g/mol. The van der Waals surface area contributed by atoms with Crippen LogP contribution in [-0.2, 0) is 24.9 Å². The number of ether oxygens (including phenoxy) is 2. The Bertz CT molecular complexity index is 1660. The number of hydrogen-bond acceptors (Lipinski definition) is 12. The summed E-state index contributed by atoms with van der Waals surface area (Å²) in [6, 6.07) is 11.3. The predicted molar refractivity (Wildman–Crippen MR) is 170 cm³/mol. The summed E-state index contributed by atoms with van der Waals surface area (Å²) in [6.07, 6.45) is -11.5. The van der Waals surface area contributed by atoms with E-state index in [1.807, 2.05) is 24.3 Å². The number of fused-ring (bicyclic) bond motifs is 5. The first-order chi connectivity index (χ1) is 22.8. The van der Waals surface area contributed by atoms with Crippen molar-refractivity contribution in [3.8, 4) is 34.8 Å². The Balaban J connectivity index is 1.35. The molecule has 0 saturated carbocycles. The molecule has 0 aromatic heterocycles. The zero-order valence-electron chi connectivity index (χ0n) is 26.0. The molecule has 48 heavy (non-hydrogen) atoms. The third kappa shape index (κ3) is 6.18. The first kappa shape index (κ1) is 34.9. The van der Waals surface area contributed by atoms with Crippen LogP contribution in [-0.4, -0.2) is 147 Å². The third-order valence-electron chi connectivity index (χ3n) is 9.91. The largest absolute Gasteiger partial charge is 0.394 e. The number of hydrogen-bond donors (Lipinski definition) is 8. The van der Waals surface area contributed by atoms with Crippen molar-refractivity contribution in [2.75, 3.05) is 32.6 Å². The molecule has 1 aliphatic carbocycles. The van der Waals surface area contributed by atoms with Gasteiger partial charge in [-0.05, 0) is 59.4 Å². The molecule has 258 valence electrons. The molecule has 3 saturated heterocycles. The van der Waals surface area contributed by atoms with Gasteiger partial charge in [0.15, 0.2) is 0 Å². The van der Waals surface area contributed by atoms with Gasteiger partial charge < -0.3 is 50.3 Å². The summed E-state index contributed by atoms with van der Waals surface area (Å²) < 4.78 is 37.4. The van der Waals surface area contributed by atoms with Crippen molar-refractivity contribution < 1.29 is 58.7 Å². The minimum absolute atomic E-state index is 0.277. The van der Waals surface area contributed by atoms with Crippen LogP contribution in [0.5, 0.6) is 0 Å². The molecule has 2 aromatic carbocycles. The average molecular weight is 686 g/mol. The molecule has 2 aromatic rings. The number of benzene rings is 2. The van der Waals surface area contributed by atoms with Gasteiger partial charge in [0.2, 0.25) is 10.0 Å². The quantitative estimate of drug-likeness (QED) is 0.156. The Labute approximate surface area is 278 Å². The van der Waals surface area contributed by atoms with Gasteiger partial charge in [-0.25, -0.2) is 12.7 Å². The molecule has 8 N–H and O–H groups in total. The Morgan fingerprint density at radius 1 is 0.708 bits per heavy atom. The second-order valence-electron chi connectivity index (χ2n) is 12.8. The zero-order chi connectivity index (χ0) is 34.5. The third-order valence-corrected chi connectivity index (χ3v) is 11.2. The molecule has 10 atom stereocenters. The highest BCUT2D eigenvalue weighted by molar-refractivity contribution is 7.88. The van der Waals surface area contributed by atoms with E-state index >= 15 is 0 Å². The van der Waals surface area contributed by atoms with Crippen LogP contribution in [0.15, 0.2) is 36.4 Å². The smallest absolute Gasteiger partial charge is 0.211 e. The maximum atomic E-state index is 12.4. The molecular formula is C34H39NO12S. The van der Waals surface area contributed by atoms with Crippen molar-refractivity contribution in [3.63, 3.8) is 0 Å². The van der Waals surface area contributed by atoms with Crippen molar-refractivity contribution in [3.05, 3.63) is 58.7 Å². The minimum atomic E-state index is -3.42. The van der Waals surface area contributed by atoms with Crippen molar-refractivity contribution in [2.45, 2.75) is 79.3 Å². The van der Waals surface area contributed by atoms with Crippen molar-refractivity contribution in [1.29, 1.82) is 0 Å². The highest BCUT2D eigenvalue weighted by atomic mass is 32.2. The van der Waals surface area contributed by atoms with Gasteiger partial charge in [0.25, 0.3) is 0 Å². The minimum Gasteiger partial charge on any atom is -0.394 e. The van der Waals surface area contributed by atoms with Crippen LogP contribution >= 0.6 is 0 Å². The van der Waals surface area contributed by atoms with E-state index in [0.717, 1.165) is 22.3 Å². The molecule has 14 heteroatoms. The second kappa shape index (κ2) is 13.4. The lowest BCUT2D eigenvalue weighted by atomic mass is 9.71. The zero-order valence-corrected chi connectivity index (χ0v) is 26.9. The molecule has 0 bridgehead atoms. The van der Waals surface area contributed by atoms with Crippen LogP contribution in [0.4, 0.5) is 0 Å². The van der Waals surface area contributed by atoms with Crippen LogP contribution in [0.2, 0.25) is 0 Å². The lowest BCUT2D eigenvalue weighted by molar-refractivity contribution is -0.214. The van der Waals surface area contributed by atoms with Gasteiger partial charge >= 0.3 is 0 Å². The topological polar surface area (TPSA) is 218 Å². The summed E-state index contributed by atoms with van der Waals surface area (Å²) in [5.41, 5.74) is 4.29. The lowest BCUT2D eigenvalue weighted by Gasteiger charge is -2.40. The van der Waals surface area contributed by atoms with Crippen LogP contribution in [0.25, 0.3) is 11.1 Å². The Morgan fingerprint density at radius 3 is 1.50 bits per heavy atom. The number of aliphatic hydroxyl groups excluding tert-OH is 8.